The fourth-order valence-corrected chi connectivity index (χ4v) is 2.27. The molecule has 0 spiro atoms. The predicted molar refractivity (Wildman–Crippen MR) is 77.6 cm³/mol. The molecule has 0 radical (unpaired) electrons. The lowest BCUT2D eigenvalue weighted by molar-refractivity contribution is 0.174. The molecule has 1 aromatic carbocycles. The molecule has 5 nitrogen and oxygen atoms in total. The normalized spacial score (nSPS) is 12.4. The molecule has 0 aliphatic carbocycles. The molecule has 0 amide bonds. The number of hydrogen-bond acceptors (Lipinski definition) is 4. The van der Waals surface area contributed by atoms with E-state index in [0.29, 0.717) is 13.1 Å². The number of ether oxygens (including phenoxy) is 1. The van der Waals surface area contributed by atoms with Crippen molar-refractivity contribution in [3.05, 3.63) is 47.2 Å². The van der Waals surface area contributed by atoms with Crippen LogP contribution < -0.4 is 10.1 Å². The Balaban J connectivity index is 1.93. The lowest BCUT2D eigenvalue weighted by atomic mass is 10.1. The van der Waals surface area contributed by atoms with Crippen molar-refractivity contribution in [2.75, 3.05) is 13.7 Å². The van der Waals surface area contributed by atoms with E-state index in [1.54, 1.807) is 11.8 Å². The van der Waals surface area contributed by atoms with Crippen LogP contribution in [-0.4, -0.2) is 28.5 Å². The molecule has 2 rings (SSSR count). The number of aryl methyl sites for hydroxylation is 2. The number of methoxy groups -OCH3 is 1. The van der Waals surface area contributed by atoms with Crippen molar-refractivity contribution in [2.45, 2.75) is 19.6 Å². The first-order chi connectivity index (χ1) is 9.63. The molecular weight excluding hydrogens is 254 g/mol. The first-order valence-corrected chi connectivity index (χ1v) is 6.63. The van der Waals surface area contributed by atoms with Gasteiger partial charge in [-0.3, -0.25) is 0 Å². The fourth-order valence-electron chi connectivity index (χ4n) is 2.27. The second-order valence-electron chi connectivity index (χ2n) is 4.75. The van der Waals surface area contributed by atoms with Gasteiger partial charge in [-0.05, 0) is 12.5 Å². The number of nitrogens with one attached hydrogen (secondary N) is 1. The number of aliphatic hydroxyl groups is 1. The van der Waals surface area contributed by atoms with Crippen molar-refractivity contribution in [2.24, 2.45) is 7.05 Å². The molecular formula is C15H21N3O2. The Bertz CT molecular complexity index is 552. The van der Waals surface area contributed by atoms with E-state index in [0.717, 1.165) is 22.7 Å². The summed E-state index contributed by atoms with van der Waals surface area (Å²) in [7, 11) is 3.49. The minimum Gasteiger partial charge on any atom is -0.481 e. The Labute approximate surface area is 119 Å². The van der Waals surface area contributed by atoms with Crippen LogP contribution in [0.5, 0.6) is 5.88 Å². The van der Waals surface area contributed by atoms with E-state index in [1.165, 1.54) is 0 Å². The summed E-state index contributed by atoms with van der Waals surface area (Å²) >= 11 is 0. The summed E-state index contributed by atoms with van der Waals surface area (Å²) in [6.07, 6.45) is -0.515. The highest BCUT2D eigenvalue weighted by Crippen LogP contribution is 2.20. The standard InChI is InChI=1S/C15H21N3O2/c1-11-13(15(20-3)18(2)17-11)9-16-10-14(19)12-7-5-4-6-8-12/h4-8,14,16,19H,9-10H2,1-3H3. The van der Waals surface area contributed by atoms with E-state index >= 15 is 0 Å². The number of aliphatic hydroxyl groups excluding tert-OH is 1. The zero-order valence-corrected chi connectivity index (χ0v) is 12.1. The first-order valence-electron chi connectivity index (χ1n) is 6.63. The van der Waals surface area contributed by atoms with Crippen LogP contribution in [0.2, 0.25) is 0 Å². The van der Waals surface area contributed by atoms with Crippen LogP contribution in [0.3, 0.4) is 0 Å². The smallest absolute Gasteiger partial charge is 0.216 e. The lowest BCUT2D eigenvalue weighted by Gasteiger charge is -2.12. The second kappa shape index (κ2) is 6.54. The molecule has 0 aliphatic rings. The van der Waals surface area contributed by atoms with Gasteiger partial charge in [0.05, 0.1) is 24.5 Å². The van der Waals surface area contributed by atoms with E-state index in [2.05, 4.69) is 10.4 Å². The molecule has 0 aliphatic heterocycles. The van der Waals surface area contributed by atoms with Crippen LogP contribution in [0.1, 0.15) is 22.9 Å². The van der Waals surface area contributed by atoms with E-state index < -0.39 is 6.10 Å². The molecule has 0 bridgehead atoms. The van der Waals surface area contributed by atoms with Crippen LogP contribution in [0.4, 0.5) is 0 Å². The van der Waals surface area contributed by atoms with Gasteiger partial charge in [0.25, 0.3) is 0 Å². The Morgan fingerprint density at radius 2 is 2.05 bits per heavy atom. The minimum absolute atomic E-state index is 0.488. The molecule has 1 heterocycles. The maximum absolute atomic E-state index is 10.1. The van der Waals surface area contributed by atoms with E-state index in [9.17, 15) is 5.11 Å². The molecule has 1 aromatic heterocycles. The molecule has 2 N–H and O–H groups in total. The summed E-state index contributed by atoms with van der Waals surface area (Å²) in [6, 6.07) is 9.62. The van der Waals surface area contributed by atoms with Crippen LogP contribution in [0.15, 0.2) is 30.3 Å². The summed E-state index contributed by atoms with van der Waals surface area (Å²) in [5.41, 5.74) is 2.87. The van der Waals surface area contributed by atoms with Gasteiger partial charge in [0, 0.05) is 20.1 Å². The Kier molecular flexibility index (Phi) is 4.76. The third-order valence-corrected chi connectivity index (χ3v) is 3.31. The summed E-state index contributed by atoms with van der Waals surface area (Å²) in [6.45, 7) is 3.06. The largest absolute Gasteiger partial charge is 0.481 e. The molecule has 0 saturated carbocycles. The molecule has 2 aromatic rings. The average Bonchev–Trinajstić information content (AvgIpc) is 2.73. The molecule has 1 atom stereocenters. The zero-order valence-electron chi connectivity index (χ0n) is 12.1. The third-order valence-electron chi connectivity index (χ3n) is 3.31. The predicted octanol–water partition coefficient (Wildman–Crippen LogP) is 1.56. The van der Waals surface area contributed by atoms with Crippen LogP contribution in [0.25, 0.3) is 0 Å². The molecule has 20 heavy (non-hydrogen) atoms. The van der Waals surface area contributed by atoms with Gasteiger partial charge < -0.3 is 15.2 Å². The van der Waals surface area contributed by atoms with E-state index in [4.69, 9.17) is 4.74 Å². The third kappa shape index (κ3) is 3.18. The van der Waals surface area contributed by atoms with Crippen molar-refractivity contribution in [1.82, 2.24) is 15.1 Å². The van der Waals surface area contributed by atoms with Crippen molar-refractivity contribution < 1.29 is 9.84 Å². The average molecular weight is 275 g/mol. The Morgan fingerprint density at radius 3 is 2.70 bits per heavy atom. The first kappa shape index (κ1) is 14.6. The zero-order chi connectivity index (χ0) is 14.5. The molecule has 108 valence electrons. The van der Waals surface area contributed by atoms with Gasteiger partial charge in [-0.25, -0.2) is 4.68 Å². The van der Waals surface area contributed by atoms with Gasteiger partial charge in [-0.15, -0.1) is 0 Å². The molecule has 0 saturated heterocycles. The highest BCUT2D eigenvalue weighted by molar-refractivity contribution is 5.30. The van der Waals surface area contributed by atoms with Gasteiger partial charge in [0.1, 0.15) is 0 Å². The second-order valence-corrected chi connectivity index (χ2v) is 4.75. The van der Waals surface area contributed by atoms with Gasteiger partial charge in [-0.1, -0.05) is 30.3 Å². The van der Waals surface area contributed by atoms with Crippen LogP contribution >= 0.6 is 0 Å². The highest BCUT2D eigenvalue weighted by atomic mass is 16.5. The summed E-state index contributed by atoms with van der Waals surface area (Å²) < 4.78 is 7.06. The van der Waals surface area contributed by atoms with Crippen LogP contribution in [-0.2, 0) is 13.6 Å². The maximum atomic E-state index is 10.1. The van der Waals surface area contributed by atoms with E-state index in [-0.39, 0.29) is 0 Å². The van der Waals surface area contributed by atoms with Gasteiger partial charge in [-0.2, -0.15) is 5.10 Å². The highest BCUT2D eigenvalue weighted by Gasteiger charge is 2.14. The summed E-state index contributed by atoms with van der Waals surface area (Å²) in [5.74, 6) is 0.754. The number of benzene rings is 1. The van der Waals surface area contributed by atoms with Gasteiger partial charge >= 0.3 is 0 Å². The lowest BCUT2D eigenvalue weighted by Crippen LogP contribution is -2.21. The minimum atomic E-state index is -0.515. The fraction of sp³-hybridized carbons (Fsp3) is 0.400. The number of nitrogens with zero attached hydrogens (tertiary/aromatic N) is 2. The number of aromatic nitrogens is 2. The molecule has 0 fully saturated rings. The molecule has 1 unspecified atom stereocenters. The number of hydrogen-bond donors (Lipinski definition) is 2. The topological polar surface area (TPSA) is 59.3 Å². The van der Waals surface area contributed by atoms with E-state index in [1.807, 2.05) is 44.3 Å². The van der Waals surface area contributed by atoms with Crippen LogP contribution in [0, 0.1) is 6.92 Å². The van der Waals surface area contributed by atoms with Crippen molar-refractivity contribution in [3.63, 3.8) is 0 Å². The van der Waals surface area contributed by atoms with Crippen molar-refractivity contribution in [3.8, 4) is 5.88 Å². The van der Waals surface area contributed by atoms with Crippen molar-refractivity contribution in [1.29, 1.82) is 0 Å². The quantitative estimate of drug-likeness (QED) is 0.840. The SMILES string of the molecule is COc1c(CNCC(O)c2ccccc2)c(C)nn1C. The Hall–Kier alpha value is -1.85. The Morgan fingerprint density at radius 1 is 1.35 bits per heavy atom. The summed E-state index contributed by atoms with van der Waals surface area (Å²) in [4.78, 5) is 0. The van der Waals surface area contributed by atoms with Gasteiger partial charge in [0.2, 0.25) is 5.88 Å². The summed E-state index contributed by atoms with van der Waals surface area (Å²) in [5, 5.41) is 17.7. The van der Waals surface area contributed by atoms with Crippen molar-refractivity contribution >= 4 is 0 Å². The number of rotatable bonds is 6. The van der Waals surface area contributed by atoms with Gasteiger partial charge in [0.15, 0.2) is 0 Å². The monoisotopic (exact) mass is 275 g/mol. The molecule has 5 heteroatoms. The maximum Gasteiger partial charge on any atom is 0.216 e.